The molecule has 30 heavy (non-hydrogen) atoms. The molecular formula is C20H20F2N4O3S. The minimum Gasteiger partial charge on any atom is -0.367 e. The predicted octanol–water partition coefficient (Wildman–Crippen LogP) is 1.85. The number of piperazine rings is 1. The molecule has 0 aromatic heterocycles. The van der Waals surface area contributed by atoms with E-state index in [4.69, 9.17) is 0 Å². The van der Waals surface area contributed by atoms with Crippen molar-refractivity contribution >= 4 is 21.6 Å². The van der Waals surface area contributed by atoms with Crippen molar-refractivity contribution in [1.82, 2.24) is 9.62 Å². The number of amides is 1. The first-order chi connectivity index (χ1) is 14.3. The third kappa shape index (κ3) is 4.93. The van der Waals surface area contributed by atoms with E-state index in [9.17, 15) is 27.3 Å². The number of hydrogen-bond donors (Lipinski definition) is 1. The Morgan fingerprint density at radius 2 is 1.73 bits per heavy atom. The van der Waals surface area contributed by atoms with Crippen LogP contribution < -0.4 is 9.62 Å². The summed E-state index contributed by atoms with van der Waals surface area (Å²) in [5, 5.41) is 9.17. The first-order valence-corrected chi connectivity index (χ1v) is 10.8. The molecule has 1 N–H and O–H groups in total. The van der Waals surface area contributed by atoms with Gasteiger partial charge in [0.15, 0.2) is 0 Å². The van der Waals surface area contributed by atoms with Gasteiger partial charge < -0.3 is 9.80 Å². The van der Waals surface area contributed by atoms with Gasteiger partial charge in [0.1, 0.15) is 23.3 Å². The zero-order valence-corrected chi connectivity index (χ0v) is 16.8. The number of hydrogen-bond acceptors (Lipinski definition) is 5. The first kappa shape index (κ1) is 21.7. The van der Waals surface area contributed by atoms with Gasteiger partial charge in [-0.05, 0) is 36.4 Å². The second kappa shape index (κ2) is 9.19. The SMILES string of the molecule is N#Cc1c(F)cccc1N1CCN(C(=O)CCNS(=O)(=O)c2ccc(F)cc2)CC1. The summed E-state index contributed by atoms with van der Waals surface area (Å²) in [5.74, 6) is -1.33. The molecule has 0 aliphatic carbocycles. The van der Waals surface area contributed by atoms with Gasteiger partial charge in [-0.25, -0.2) is 21.9 Å². The van der Waals surface area contributed by atoms with Crippen molar-refractivity contribution in [3.05, 3.63) is 59.7 Å². The van der Waals surface area contributed by atoms with Crippen LogP contribution in [0.25, 0.3) is 0 Å². The molecule has 1 aliphatic heterocycles. The lowest BCUT2D eigenvalue weighted by atomic mass is 10.1. The van der Waals surface area contributed by atoms with Crippen LogP contribution in [0.1, 0.15) is 12.0 Å². The van der Waals surface area contributed by atoms with E-state index >= 15 is 0 Å². The average molecular weight is 434 g/mol. The van der Waals surface area contributed by atoms with Gasteiger partial charge >= 0.3 is 0 Å². The highest BCUT2D eigenvalue weighted by Crippen LogP contribution is 2.23. The summed E-state index contributed by atoms with van der Waals surface area (Å²) in [6, 6.07) is 10.7. The lowest BCUT2D eigenvalue weighted by Crippen LogP contribution is -2.49. The first-order valence-electron chi connectivity index (χ1n) is 9.28. The van der Waals surface area contributed by atoms with Crippen LogP contribution >= 0.6 is 0 Å². The van der Waals surface area contributed by atoms with E-state index in [-0.39, 0.29) is 29.3 Å². The second-order valence-electron chi connectivity index (χ2n) is 6.72. The van der Waals surface area contributed by atoms with E-state index in [1.807, 2.05) is 11.0 Å². The highest BCUT2D eigenvalue weighted by molar-refractivity contribution is 7.89. The van der Waals surface area contributed by atoms with Gasteiger partial charge in [-0.2, -0.15) is 5.26 Å². The lowest BCUT2D eigenvalue weighted by Gasteiger charge is -2.36. The Labute approximate surface area is 173 Å². The van der Waals surface area contributed by atoms with Crippen LogP contribution in [0.2, 0.25) is 0 Å². The largest absolute Gasteiger partial charge is 0.367 e. The molecule has 1 amide bonds. The van der Waals surface area contributed by atoms with E-state index < -0.39 is 21.7 Å². The van der Waals surface area contributed by atoms with Crippen molar-refractivity contribution in [1.29, 1.82) is 5.26 Å². The lowest BCUT2D eigenvalue weighted by molar-refractivity contribution is -0.131. The quantitative estimate of drug-likeness (QED) is 0.749. The molecule has 0 radical (unpaired) electrons. The zero-order valence-electron chi connectivity index (χ0n) is 16.0. The molecule has 0 atom stereocenters. The van der Waals surface area contributed by atoms with Crippen molar-refractivity contribution < 1.29 is 22.0 Å². The molecule has 1 aliphatic rings. The Kier molecular flexibility index (Phi) is 6.64. The Morgan fingerprint density at radius 1 is 1.07 bits per heavy atom. The number of nitrogens with one attached hydrogen (secondary N) is 1. The third-order valence-electron chi connectivity index (χ3n) is 4.83. The molecule has 7 nitrogen and oxygen atoms in total. The van der Waals surface area contributed by atoms with Crippen molar-refractivity contribution in [3.63, 3.8) is 0 Å². The smallest absolute Gasteiger partial charge is 0.240 e. The fourth-order valence-corrected chi connectivity index (χ4v) is 4.26. The second-order valence-corrected chi connectivity index (χ2v) is 8.48. The van der Waals surface area contributed by atoms with E-state index in [2.05, 4.69) is 4.72 Å². The molecule has 0 saturated carbocycles. The molecule has 0 bridgehead atoms. The number of rotatable bonds is 6. The minimum atomic E-state index is -3.82. The van der Waals surface area contributed by atoms with Crippen molar-refractivity contribution in [2.45, 2.75) is 11.3 Å². The van der Waals surface area contributed by atoms with Gasteiger partial charge in [0.2, 0.25) is 15.9 Å². The molecular weight excluding hydrogens is 414 g/mol. The number of sulfonamides is 1. The van der Waals surface area contributed by atoms with Crippen LogP contribution in [0, 0.1) is 23.0 Å². The predicted molar refractivity (Wildman–Crippen MR) is 106 cm³/mol. The van der Waals surface area contributed by atoms with Gasteiger partial charge in [0.05, 0.1) is 10.6 Å². The maximum atomic E-state index is 13.8. The number of benzene rings is 2. The van der Waals surface area contributed by atoms with E-state index in [1.54, 1.807) is 11.0 Å². The molecule has 158 valence electrons. The molecule has 0 spiro atoms. The number of carbonyl (C=O) groups is 1. The zero-order chi connectivity index (χ0) is 21.7. The minimum absolute atomic E-state index is 0.0209. The fourth-order valence-electron chi connectivity index (χ4n) is 3.23. The summed E-state index contributed by atoms with van der Waals surface area (Å²) in [7, 11) is -3.82. The Morgan fingerprint density at radius 3 is 2.37 bits per heavy atom. The summed E-state index contributed by atoms with van der Waals surface area (Å²) in [4.78, 5) is 15.8. The topological polar surface area (TPSA) is 93.5 Å². The maximum Gasteiger partial charge on any atom is 0.240 e. The Hall–Kier alpha value is -3.03. The van der Waals surface area contributed by atoms with Gasteiger partial charge in [-0.15, -0.1) is 0 Å². The van der Waals surface area contributed by atoms with Gasteiger partial charge in [0.25, 0.3) is 0 Å². The molecule has 1 heterocycles. The van der Waals surface area contributed by atoms with Crippen LogP contribution in [-0.4, -0.2) is 51.9 Å². The summed E-state index contributed by atoms with van der Waals surface area (Å²) in [6.45, 7) is 1.55. The molecule has 3 rings (SSSR count). The average Bonchev–Trinajstić information content (AvgIpc) is 2.74. The molecule has 0 unspecified atom stereocenters. The summed E-state index contributed by atoms with van der Waals surface area (Å²) in [5.41, 5.74) is 0.476. The summed E-state index contributed by atoms with van der Waals surface area (Å²) < 4.78 is 53.4. The van der Waals surface area contributed by atoms with Crippen LogP contribution in [0.5, 0.6) is 0 Å². The highest BCUT2D eigenvalue weighted by atomic mass is 32.2. The maximum absolute atomic E-state index is 13.8. The van der Waals surface area contributed by atoms with Crippen molar-refractivity contribution in [2.24, 2.45) is 0 Å². The molecule has 1 saturated heterocycles. The van der Waals surface area contributed by atoms with Crippen LogP contribution in [0.15, 0.2) is 47.4 Å². The fraction of sp³-hybridized carbons (Fsp3) is 0.300. The molecule has 1 fully saturated rings. The van der Waals surface area contributed by atoms with Crippen molar-refractivity contribution in [3.8, 4) is 6.07 Å². The van der Waals surface area contributed by atoms with Gasteiger partial charge in [-0.3, -0.25) is 4.79 Å². The Balaban J connectivity index is 1.51. The highest BCUT2D eigenvalue weighted by Gasteiger charge is 2.24. The summed E-state index contributed by atoms with van der Waals surface area (Å²) >= 11 is 0. The molecule has 2 aromatic rings. The van der Waals surface area contributed by atoms with E-state index in [0.717, 1.165) is 24.3 Å². The number of anilines is 1. The van der Waals surface area contributed by atoms with Gasteiger partial charge in [0, 0.05) is 39.1 Å². The van der Waals surface area contributed by atoms with Crippen LogP contribution in [0.4, 0.5) is 14.5 Å². The van der Waals surface area contributed by atoms with E-state index in [1.165, 1.54) is 12.1 Å². The van der Waals surface area contributed by atoms with Crippen molar-refractivity contribution in [2.75, 3.05) is 37.6 Å². The number of nitriles is 1. The van der Waals surface area contributed by atoms with E-state index in [0.29, 0.717) is 31.9 Å². The van der Waals surface area contributed by atoms with Crippen LogP contribution in [-0.2, 0) is 14.8 Å². The number of carbonyl (C=O) groups excluding carboxylic acids is 1. The van der Waals surface area contributed by atoms with Gasteiger partial charge in [-0.1, -0.05) is 6.07 Å². The Bertz CT molecular complexity index is 1060. The standard InChI is InChI=1S/C20H20F2N4O3S/c21-15-4-6-16(7-5-15)30(28,29)24-9-8-20(27)26-12-10-25(11-13-26)19-3-1-2-18(22)17(19)14-23/h1-7,24H,8-13H2. The molecule has 10 heteroatoms. The monoisotopic (exact) mass is 434 g/mol. The third-order valence-corrected chi connectivity index (χ3v) is 6.31. The summed E-state index contributed by atoms with van der Waals surface area (Å²) in [6.07, 6.45) is -0.0240. The number of halogens is 2. The van der Waals surface area contributed by atoms with Crippen LogP contribution in [0.3, 0.4) is 0 Å². The normalized spacial score (nSPS) is 14.4. The molecule has 2 aromatic carbocycles. The number of nitrogens with zero attached hydrogens (tertiary/aromatic N) is 3.